The van der Waals surface area contributed by atoms with E-state index in [1.54, 1.807) is 6.92 Å². The van der Waals surface area contributed by atoms with E-state index in [0.717, 1.165) is 77.0 Å². The van der Waals surface area contributed by atoms with Crippen LogP contribution in [0.5, 0.6) is 0 Å². The van der Waals surface area contributed by atoms with Crippen molar-refractivity contribution in [3.8, 4) is 0 Å². The van der Waals surface area contributed by atoms with Crippen LogP contribution in [0.3, 0.4) is 0 Å². The number of allylic oxidation sites excluding steroid dienone is 6. The molecule has 0 heterocycles. The van der Waals surface area contributed by atoms with Crippen LogP contribution in [0.4, 0.5) is 0 Å². The Balaban J connectivity index is 1.92. The Hall–Kier alpha value is -2.63. The first-order valence-electron chi connectivity index (χ1n) is 17.0. The molecule has 0 N–H and O–H groups in total. The highest BCUT2D eigenvalue weighted by Gasteiger charge is 2.34. The fourth-order valence-corrected chi connectivity index (χ4v) is 5.30. The van der Waals surface area contributed by atoms with E-state index in [0.29, 0.717) is 30.6 Å². The van der Waals surface area contributed by atoms with Gasteiger partial charge in [0, 0.05) is 17.6 Å². The molecule has 0 saturated heterocycles. The Bertz CT molecular complexity index is 923. The van der Waals surface area contributed by atoms with Crippen molar-refractivity contribution in [2.24, 2.45) is 0 Å². The number of ketones is 2. The second kappa shape index (κ2) is 25.8. The third-order valence-corrected chi connectivity index (χ3v) is 8.01. The Labute approximate surface area is 262 Å². The van der Waals surface area contributed by atoms with E-state index in [-0.39, 0.29) is 29.1 Å². The van der Waals surface area contributed by atoms with Crippen molar-refractivity contribution in [3.63, 3.8) is 0 Å². The van der Waals surface area contributed by atoms with Crippen LogP contribution in [-0.4, -0.2) is 38.4 Å². The first-order valence-corrected chi connectivity index (χ1v) is 17.0. The Kier molecular flexibility index (Phi) is 23.1. The van der Waals surface area contributed by atoms with Crippen LogP contribution in [0.25, 0.3) is 0 Å². The van der Waals surface area contributed by atoms with Gasteiger partial charge in [0.05, 0.1) is 20.8 Å². The molecule has 1 aliphatic carbocycles. The smallest absolute Gasteiger partial charge is 0.305 e. The molecule has 0 spiro atoms. The van der Waals surface area contributed by atoms with Crippen molar-refractivity contribution in [2.75, 3.05) is 20.8 Å². The number of ether oxygens (including phenoxy) is 3. The fraction of sp³-hybridized carbons (Fsp3) is 0.703. The SMILES string of the molecule is CCCCC/C=C\C/C=C\CCCCCCCC(=O)OCCCCCCCCCCC1=C(C)C(=O)C(OC)=C(OC)C1=O. The molecule has 0 radical (unpaired) electrons. The van der Waals surface area contributed by atoms with Crippen LogP contribution in [-0.2, 0) is 28.6 Å². The molecule has 1 aliphatic rings. The maximum atomic E-state index is 12.7. The minimum atomic E-state index is -0.263. The lowest BCUT2D eigenvalue weighted by Crippen LogP contribution is -2.25. The minimum absolute atomic E-state index is 0.000467. The molecule has 0 fully saturated rings. The van der Waals surface area contributed by atoms with Gasteiger partial charge in [-0.15, -0.1) is 0 Å². The maximum Gasteiger partial charge on any atom is 0.305 e. The number of hydrogen-bond acceptors (Lipinski definition) is 6. The number of carbonyl (C=O) groups excluding carboxylic acids is 3. The van der Waals surface area contributed by atoms with Crippen molar-refractivity contribution < 1.29 is 28.6 Å². The molecule has 244 valence electrons. The molecule has 0 unspecified atom stereocenters. The van der Waals surface area contributed by atoms with Gasteiger partial charge in [-0.2, -0.15) is 0 Å². The lowest BCUT2D eigenvalue weighted by atomic mass is 9.89. The Morgan fingerprint density at radius 3 is 1.74 bits per heavy atom. The minimum Gasteiger partial charge on any atom is -0.489 e. The number of carbonyl (C=O) groups is 3. The molecule has 0 bridgehead atoms. The molecule has 0 amide bonds. The highest BCUT2D eigenvalue weighted by molar-refractivity contribution is 6.23. The summed E-state index contributed by atoms with van der Waals surface area (Å²) in [5.41, 5.74) is 1.02. The van der Waals surface area contributed by atoms with Crippen molar-refractivity contribution in [2.45, 2.75) is 149 Å². The van der Waals surface area contributed by atoms with Gasteiger partial charge in [-0.05, 0) is 64.7 Å². The lowest BCUT2D eigenvalue weighted by molar-refractivity contribution is -0.143. The maximum absolute atomic E-state index is 12.7. The van der Waals surface area contributed by atoms with E-state index < -0.39 is 0 Å². The number of esters is 1. The Morgan fingerprint density at radius 1 is 0.628 bits per heavy atom. The zero-order valence-corrected chi connectivity index (χ0v) is 27.8. The summed E-state index contributed by atoms with van der Waals surface area (Å²) in [5, 5.41) is 0. The summed E-state index contributed by atoms with van der Waals surface area (Å²) in [6.07, 6.45) is 31.7. The van der Waals surface area contributed by atoms with Crippen molar-refractivity contribution in [1.29, 1.82) is 0 Å². The van der Waals surface area contributed by atoms with Gasteiger partial charge in [-0.25, -0.2) is 0 Å². The molecule has 1 rings (SSSR count). The molecule has 0 aliphatic heterocycles. The summed E-state index contributed by atoms with van der Waals surface area (Å²) >= 11 is 0. The standard InChI is InChI=1S/C37H60O6/c1-5-6-7-8-9-10-11-12-13-14-15-16-20-23-26-29-33(38)43-30-27-24-21-18-17-19-22-25-28-32-31(2)34(39)36(41-3)37(42-4)35(32)40/h9-10,12-13H,5-8,11,14-30H2,1-4H3/b10-9-,13-12-. The largest absolute Gasteiger partial charge is 0.489 e. The highest BCUT2D eigenvalue weighted by Crippen LogP contribution is 2.29. The topological polar surface area (TPSA) is 78.9 Å². The lowest BCUT2D eigenvalue weighted by Gasteiger charge is -2.20. The van der Waals surface area contributed by atoms with Crippen molar-refractivity contribution in [3.05, 3.63) is 47.0 Å². The molecular weight excluding hydrogens is 540 g/mol. The van der Waals surface area contributed by atoms with Gasteiger partial charge in [0.25, 0.3) is 0 Å². The van der Waals surface area contributed by atoms with E-state index in [2.05, 4.69) is 31.2 Å². The van der Waals surface area contributed by atoms with Crippen LogP contribution in [0.15, 0.2) is 47.0 Å². The van der Waals surface area contributed by atoms with E-state index in [1.165, 1.54) is 59.2 Å². The van der Waals surface area contributed by atoms with Crippen molar-refractivity contribution >= 4 is 17.5 Å². The van der Waals surface area contributed by atoms with Crippen LogP contribution in [0.2, 0.25) is 0 Å². The number of Topliss-reactive ketones (excluding diaryl/α,β-unsaturated/α-hetero) is 2. The number of hydrogen-bond donors (Lipinski definition) is 0. The summed E-state index contributed by atoms with van der Waals surface area (Å²) < 4.78 is 15.6. The predicted octanol–water partition coefficient (Wildman–Crippen LogP) is 9.83. The number of methoxy groups -OCH3 is 2. The molecule has 0 aromatic carbocycles. The van der Waals surface area contributed by atoms with E-state index in [9.17, 15) is 14.4 Å². The normalized spacial score (nSPS) is 14.0. The van der Waals surface area contributed by atoms with Gasteiger partial charge in [0.1, 0.15) is 0 Å². The second-order valence-electron chi connectivity index (χ2n) is 11.6. The molecule has 0 saturated carbocycles. The van der Waals surface area contributed by atoms with Gasteiger partial charge in [0.15, 0.2) is 0 Å². The zero-order valence-electron chi connectivity index (χ0n) is 27.8. The number of unbranched alkanes of at least 4 members (excludes halogenated alkanes) is 15. The van der Waals surface area contributed by atoms with E-state index in [1.807, 2.05) is 0 Å². The molecule has 6 heteroatoms. The first-order chi connectivity index (χ1) is 21.0. The third kappa shape index (κ3) is 17.3. The molecular formula is C37H60O6. The molecule has 43 heavy (non-hydrogen) atoms. The average molecular weight is 601 g/mol. The first kappa shape index (κ1) is 38.4. The van der Waals surface area contributed by atoms with Crippen LogP contribution in [0, 0.1) is 0 Å². The quantitative estimate of drug-likeness (QED) is 0.0404. The zero-order chi connectivity index (χ0) is 31.5. The number of rotatable bonds is 27. The Morgan fingerprint density at radius 2 is 1.14 bits per heavy atom. The second-order valence-corrected chi connectivity index (χ2v) is 11.6. The van der Waals surface area contributed by atoms with Gasteiger partial charge in [0.2, 0.25) is 23.1 Å². The van der Waals surface area contributed by atoms with Gasteiger partial charge in [-0.1, -0.05) is 102 Å². The molecule has 6 nitrogen and oxygen atoms in total. The van der Waals surface area contributed by atoms with Crippen molar-refractivity contribution in [1.82, 2.24) is 0 Å². The van der Waals surface area contributed by atoms with Crippen LogP contribution in [0.1, 0.15) is 149 Å². The molecule has 0 aromatic rings. The van der Waals surface area contributed by atoms with Gasteiger partial charge < -0.3 is 14.2 Å². The predicted molar refractivity (Wildman–Crippen MR) is 176 cm³/mol. The van der Waals surface area contributed by atoms with E-state index in [4.69, 9.17) is 14.2 Å². The van der Waals surface area contributed by atoms with Gasteiger partial charge in [-0.3, -0.25) is 14.4 Å². The van der Waals surface area contributed by atoms with Crippen LogP contribution >= 0.6 is 0 Å². The average Bonchev–Trinajstić information content (AvgIpc) is 3.00. The monoisotopic (exact) mass is 600 g/mol. The summed E-state index contributed by atoms with van der Waals surface area (Å²) in [6.45, 7) is 4.46. The van der Waals surface area contributed by atoms with Crippen LogP contribution < -0.4 is 0 Å². The fourth-order valence-electron chi connectivity index (χ4n) is 5.30. The molecule has 0 atom stereocenters. The van der Waals surface area contributed by atoms with E-state index >= 15 is 0 Å². The summed E-state index contributed by atoms with van der Waals surface area (Å²) in [7, 11) is 2.77. The summed E-state index contributed by atoms with van der Waals surface area (Å²) in [5.74, 6) is -0.536. The molecule has 0 aromatic heterocycles. The highest BCUT2D eigenvalue weighted by atomic mass is 16.5. The summed E-state index contributed by atoms with van der Waals surface area (Å²) in [4.78, 5) is 37.1. The summed E-state index contributed by atoms with van der Waals surface area (Å²) in [6, 6.07) is 0. The van der Waals surface area contributed by atoms with Gasteiger partial charge >= 0.3 is 5.97 Å². The third-order valence-electron chi connectivity index (χ3n) is 8.01.